The standard InChI is InChI=1S/C13H21N3O2/c1-10-9-14-12(15-10)13(17)16(2)6-3-11-4-7-18-8-5-11/h9,11H,3-8H2,1-2H3,(H,14,15). The van der Waals surface area contributed by atoms with Gasteiger partial charge in [-0.3, -0.25) is 4.79 Å². The Hall–Kier alpha value is -1.36. The quantitative estimate of drug-likeness (QED) is 0.884. The van der Waals surface area contributed by atoms with Crippen LogP contribution in [0.5, 0.6) is 0 Å². The van der Waals surface area contributed by atoms with Gasteiger partial charge in [0, 0.05) is 38.7 Å². The third-order valence-corrected chi connectivity index (χ3v) is 3.47. The van der Waals surface area contributed by atoms with E-state index in [2.05, 4.69) is 9.97 Å². The highest BCUT2D eigenvalue weighted by molar-refractivity contribution is 5.90. The first-order chi connectivity index (χ1) is 8.66. The zero-order valence-electron chi connectivity index (χ0n) is 11.1. The van der Waals surface area contributed by atoms with Crippen LogP contribution in [0.1, 0.15) is 35.6 Å². The summed E-state index contributed by atoms with van der Waals surface area (Å²) in [5, 5.41) is 0. The lowest BCUT2D eigenvalue weighted by Gasteiger charge is -2.24. The number of aryl methyl sites for hydroxylation is 1. The Morgan fingerprint density at radius 2 is 2.28 bits per heavy atom. The summed E-state index contributed by atoms with van der Waals surface area (Å²) in [5.74, 6) is 1.09. The zero-order chi connectivity index (χ0) is 13.0. The number of hydrogen-bond acceptors (Lipinski definition) is 3. The molecule has 100 valence electrons. The Morgan fingerprint density at radius 1 is 1.56 bits per heavy atom. The number of rotatable bonds is 4. The number of H-pyrrole nitrogens is 1. The highest BCUT2D eigenvalue weighted by Gasteiger charge is 2.18. The average Bonchev–Trinajstić information content (AvgIpc) is 2.83. The first-order valence-electron chi connectivity index (χ1n) is 6.51. The fourth-order valence-corrected chi connectivity index (χ4v) is 2.22. The second kappa shape index (κ2) is 6.00. The number of hydrogen-bond donors (Lipinski definition) is 1. The molecule has 1 N–H and O–H groups in total. The molecule has 0 saturated carbocycles. The lowest BCUT2D eigenvalue weighted by Crippen LogP contribution is -2.30. The molecule has 0 radical (unpaired) electrons. The van der Waals surface area contributed by atoms with E-state index in [0.29, 0.717) is 11.7 Å². The highest BCUT2D eigenvalue weighted by Crippen LogP contribution is 2.18. The number of aromatic nitrogens is 2. The summed E-state index contributed by atoms with van der Waals surface area (Å²) in [6, 6.07) is 0. The summed E-state index contributed by atoms with van der Waals surface area (Å²) in [4.78, 5) is 20.8. The van der Waals surface area contributed by atoms with Gasteiger partial charge in [-0.2, -0.15) is 0 Å². The normalized spacial score (nSPS) is 16.8. The van der Waals surface area contributed by atoms with Gasteiger partial charge < -0.3 is 14.6 Å². The van der Waals surface area contributed by atoms with Crippen molar-refractivity contribution in [2.24, 2.45) is 5.92 Å². The lowest BCUT2D eigenvalue weighted by molar-refractivity contribution is 0.0581. The van der Waals surface area contributed by atoms with Gasteiger partial charge in [0.25, 0.3) is 5.91 Å². The Morgan fingerprint density at radius 3 is 2.89 bits per heavy atom. The minimum Gasteiger partial charge on any atom is -0.381 e. The Bertz CT molecular complexity index is 397. The lowest BCUT2D eigenvalue weighted by atomic mass is 9.96. The van der Waals surface area contributed by atoms with Crippen molar-refractivity contribution >= 4 is 5.91 Å². The van der Waals surface area contributed by atoms with Gasteiger partial charge >= 0.3 is 0 Å². The van der Waals surface area contributed by atoms with E-state index < -0.39 is 0 Å². The number of imidazole rings is 1. The third kappa shape index (κ3) is 3.32. The van der Waals surface area contributed by atoms with Crippen LogP contribution in [-0.4, -0.2) is 47.6 Å². The molecular weight excluding hydrogens is 230 g/mol. The van der Waals surface area contributed by atoms with Crippen molar-refractivity contribution in [1.82, 2.24) is 14.9 Å². The van der Waals surface area contributed by atoms with Crippen LogP contribution in [0, 0.1) is 12.8 Å². The van der Waals surface area contributed by atoms with Crippen LogP contribution in [0.4, 0.5) is 0 Å². The summed E-state index contributed by atoms with van der Waals surface area (Å²) in [6.45, 7) is 4.40. The van der Waals surface area contributed by atoms with Crippen LogP contribution in [-0.2, 0) is 4.74 Å². The van der Waals surface area contributed by atoms with Crippen molar-refractivity contribution in [2.75, 3.05) is 26.8 Å². The van der Waals surface area contributed by atoms with Crippen LogP contribution in [0.25, 0.3) is 0 Å². The molecule has 0 spiro atoms. The van der Waals surface area contributed by atoms with Gasteiger partial charge in [-0.1, -0.05) is 0 Å². The monoisotopic (exact) mass is 251 g/mol. The number of amides is 1. The van der Waals surface area contributed by atoms with Crippen LogP contribution < -0.4 is 0 Å². The molecule has 1 amide bonds. The van der Waals surface area contributed by atoms with Crippen LogP contribution in [0.15, 0.2) is 6.20 Å². The van der Waals surface area contributed by atoms with E-state index in [1.54, 1.807) is 11.1 Å². The highest BCUT2D eigenvalue weighted by atomic mass is 16.5. The maximum atomic E-state index is 12.0. The fraction of sp³-hybridized carbons (Fsp3) is 0.692. The zero-order valence-corrected chi connectivity index (χ0v) is 11.1. The van der Waals surface area contributed by atoms with E-state index in [9.17, 15) is 4.79 Å². The Kier molecular flexibility index (Phi) is 4.36. The molecule has 2 heterocycles. The molecule has 5 nitrogen and oxygen atoms in total. The molecular formula is C13H21N3O2. The largest absolute Gasteiger partial charge is 0.381 e. The number of nitrogens with zero attached hydrogens (tertiary/aromatic N) is 2. The van der Waals surface area contributed by atoms with Crippen molar-refractivity contribution in [3.63, 3.8) is 0 Å². The molecule has 1 aromatic heterocycles. The maximum absolute atomic E-state index is 12.0. The van der Waals surface area contributed by atoms with Crippen LogP contribution >= 0.6 is 0 Å². The summed E-state index contributed by atoms with van der Waals surface area (Å²) in [6.07, 6.45) is 4.95. The van der Waals surface area contributed by atoms with E-state index in [0.717, 1.165) is 44.7 Å². The SMILES string of the molecule is Cc1cnc(C(=O)N(C)CCC2CCOCC2)[nH]1. The molecule has 0 aromatic carbocycles. The van der Waals surface area contributed by atoms with Gasteiger partial charge in [-0.15, -0.1) is 0 Å². The van der Waals surface area contributed by atoms with E-state index in [1.165, 1.54) is 0 Å². The Labute approximate surface area is 108 Å². The van der Waals surface area contributed by atoms with Gasteiger partial charge in [0.05, 0.1) is 0 Å². The van der Waals surface area contributed by atoms with Gasteiger partial charge in [-0.25, -0.2) is 4.98 Å². The number of nitrogens with one attached hydrogen (secondary N) is 1. The molecule has 1 fully saturated rings. The van der Waals surface area contributed by atoms with Crippen molar-refractivity contribution < 1.29 is 9.53 Å². The molecule has 0 bridgehead atoms. The summed E-state index contributed by atoms with van der Waals surface area (Å²) in [7, 11) is 1.83. The third-order valence-electron chi connectivity index (χ3n) is 3.47. The minimum absolute atomic E-state index is 0.0323. The summed E-state index contributed by atoms with van der Waals surface area (Å²) in [5.41, 5.74) is 0.913. The predicted octanol–water partition coefficient (Wildman–Crippen LogP) is 1.61. The Balaban J connectivity index is 1.80. The van der Waals surface area contributed by atoms with E-state index in [1.807, 2.05) is 14.0 Å². The van der Waals surface area contributed by atoms with Crippen molar-refractivity contribution in [3.05, 3.63) is 17.7 Å². The van der Waals surface area contributed by atoms with Crippen LogP contribution in [0.3, 0.4) is 0 Å². The van der Waals surface area contributed by atoms with Crippen molar-refractivity contribution in [2.45, 2.75) is 26.2 Å². The molecule has 18 heavy (non-hydrogen) atoms. The molecule has 1 aliphatic rings. The molecule has 1 aliphatic heterocycles. The summed E-state index contributed by atoms with van der Waals surface area (Å²) < 4.78 is 5.33. The fourth-order valence-electron chi connectivity index (χ4n) is 2.22. The first-order valence-corrected chi connectivity index (χ1v) is 6.51. The van der Waals surface area contributed by atoms with E-state index in [4.69, 9.17) is 4.74 Å². The minimum atomic E-state index is -0.0323. The number of carbonyl (C=O) groups is 1. The molecule has 0 atom stereocenters. The van der Waals surface area contributed by atoms with Gasteiger partial charge in [0.15, 0.2) is 5.82 Å². The predicted molar refractivity (Wildman–Crippen MR) is 68.4 cm³/mol. The maximum Gasteiger partial charge on any atom is 0.289 e. The number of aromatic amines is 1. The van der Waals surface area contributed by atoms with Crippen molar-refractivity contribution in [1.29, 1.82) is 0 Å². The number of carbonyl (C=O) groups excluding carboxylic acids is 1. The molecule has 0 unspecified atom stereocenters. The second-order valence-corrected chi connectivity index (χ2v) is 4.99. The average molecular weight is 251 g/mol. The number of ether oxygens (including phenoxy) is 1. The molecule has 1 aromatic rings. The van der Waals surface area contributed by atoms with E-state index in [-0.39, 0.29) is 5.91 Å². The topological polar surface area (TPSA) is 58.2 Å². The van der Waals surface area contributed by atoms with Crippen LogP contribution in [0.2, 0.25) is 0 Å². The molecule has 0 aliphatic carbocycles. The molecule has 5 heteroatoms. The van der Waals surface area contributed by atoms with Crippen molar-refractivity contribution in [3.8, 4) is 0 Å². The van der Waals surface area contributed by atoms with Gasteiger partial charge in [0.2, 0.25) is 0 Å². The first kappa shape index (κ1) is 13.1. The summed E-state index contributed by atoms with van der Waals surface area (Å²) >= 11 is 0. The van der Waals surface area contributed by atoms with Gasteiger partial charge in [-0.05, 0) is 32.1 Å². The smallest absolute Gasteiger partial charge is 0.289 e. The second-order valence-electron chi connectivity index (χ2n) is 4.99. The molecule has 1 saturated heterocycles. The van der Waals surface area contributed by atoms with Gasteiger partial charge in [0.1, 0.15) is 0 Å². The molecule has 2 rings (SSSR count). The van der Waals surface area contributed by atoms with E-state index >= 15 is 0 Å².